The van der Waals surface area contributed by atoms with E-state index in [1.54, 1.807) is 0 Å². The Morgan fingerprint density at radius 1 is 1.40 bits per heavy atom. The van der Waals surface area contributed by atoms with Crippen molar-refractivity contribution in [2.45, 2.75) is 13.3 Å². The summed E-state index contributed by atoms with van der Waals surface area (Å²) in [7, 11) is 4.02. The molecule has 0 aliphatic carbocycles. The second kappa shape index (κ2) is 3.46. The molecule has 0 fully saturated rings. The van der Waals surface area contributed by atoms with E-state index in [0.29, 0.717) is 0 Å². The Labute approximate surface area is 89.3 Å². The molecule has 4 heteroatoms. The number of nitrogens with zero attached hydrogens (tertiary/aromatic N) is 3. The number of nitrogen functional groups attached to an aromatic ring is 1. The van der Waals surface area contributed by atoms with Crippen molar-refractivity contribution < 1.29 is 0 Å². The van der Waals surface area contributed by atoms with Crippen molar-refractivity contribution >= 4 is 16.7 Å². The van der Waals surface area contributed by atoms with Crippen molar-refractivity contribution in [1.29, 1.82) is 0 Å². The first-order valence-electron chi connectivity index (χ1n) is 5.08. The largest absolute Gasteiger partial charge is 0.399 e. The maximum atomic E-state index is 5.74. The highest BCUT2D eigenvalue weighted by Crippen LogP contribution is 2.18. The highest BCUT2D eigenvalue weighted by atomic mass is 15.5. The molecule has 0 radical (unpaired) electrons. The van der Waals surface area contributed by atoms with Gasteiger partial charge >= 0.3 is 0 Å². The summed E-state index contributed by atoms with van der Waals surface area (Å²) in [4.78, 5) is 4.55. The lowest BCUT2D eigenvalue weighted by molar-refractivity contribution is 0.702. The van der Waals surface area contributed by atoms with E-state index in [1.807, 2.05) is 37.3 Å². The van der Waals surface area contributed by atoms with E-state index in [0.717, 1.165) is 29.0 Å². The number of imidazole rings is 1. The molecule has 15 heavy (non-hydrogen) atoms. The summed E-state index contributed by atoms with van der Waals surface area (Å²) in [6, 6.07) is 5.83. The second-order valence-corrected chi connectivity index (χ2v) is 3.79. The van der Waals surface area contributed by atoms with E-state index >= 15 is 0 Å². The van der Waals surface area contributed by atoms with E-state index in [9.17, 15) is 0 Å². The van der Waals surface area contributed by atoms with Gasteiger partial charge in [-0.1, -0.05) is 6.92 Å². The topological polar surface area (TPSA) is 47.1 Å². The molecular weight excluding hydrogens is 188 g/mol. The number of fused-ring (bicyclic) bond motifs is 1. The lowest BCUT2D eigenvalue weighted by atomic mass is 10.3. The molecule has 1 aromatic carbocycles. The normalized spacial score (nSPS) is 10.9. The van der Waals surface area contributed by atoms with Crippen molar-refractivity contribution in [3.63, 3.8) is 0 Å². The van der Waals surface area contributed by atoms with E-state index in [1.165, 1.54) is 0 Å². The average Bonchev–Trinajstić information content (AvgIpc) is 2.54. The molecule has 0 saturated carbocycles. The first-order valence-corrected chi connectivity index (χ1v) is 5.08. The molecule has 0 bridgehead atoms. The Balaban J connectivity index is 2.74. The van der Waals surface area contributed by atoms with Gasteiger partial charge in [-0.15, -0.1) is 0 Å². The standard InChI is InChI=1S/C11H16N4/c1-4-11-13-9-7-8(12)5-6-10(9)15(11)14(2)3/h5-7H,4,12H2,1-3H3. The maximum Gasteiger partial charge on any atom is 0.128 e. The molecular formula is C11H16N4. The second-order valence-electron chi connectivity index (χ2n) is 3.79. The number of benzene rings is 1. The van der Waals surface area contributed by atoms with E-state index in [4.69, 9.17) is 5.73 Å². The minimum atomic E-state index is 0.758. The summed E-state index contributed by atoms with van der Waals surface area (Å²) >= 11 is 0. The molecule has 0 spiro atoms. The van der Waals surface area contributed by atoms with Crippen LogP contribution in [0.1, 0.15) is 12.7 Å². The zero-order valence-corrected chi connectivity index (χ0v) is 9.36. The van der Waals surface area contributed by atoms with Crippen LogP contribution in [0.5, 0.6) is 0 Å². The van der Waals surface area contributed by atoms with Crippen LogP contribution in [0.25, 0.3) is 11.0 Å². The van der Waals surface area contributed by atoms with Gasteiger partial charge in [0.25, 0.3) is 0 Å². The first kappa shape index (κ1) is 9.83. The molecule has 0 aliphatic heterocycles. The number of hydrogen-bond acceptors (Lipinski definition) is 3. The quantitative estimate of drug-likeness (QED) is 0.752. The summed E-state index contributed by atoms with van der Waals surface area (Å²) in [5.74, 6) is 1.06. The van der Waals surface area contributed by atoms with Crippen molar-refractivity contribution in [3.05, 3.63) is 24.0 Å². The first-order chi connectivity index (χ1) is 7.13. The summed E-state index contributed by atoms with van der Waals surface area (Å²) in [5.41, 5.74) is 8.56. The Hall–Kier alpha value is -1.71. The SMILES string of the molecule is CCc1nc2cc(N)ccc2n1N(C)C. The molecule has 1 heterocycles. The molecule has 2 aromatic rings. The van der Waals surface area contributed by atoms with Crippen molar-refractivity contribution in [2.24, 2.45) is 0 Å². The minimum Gasteiger partial charge on any atom is -0.399 e. The molecule has 4 nitrogen and oxygen atoms in total. The molecule has 0 aliphatic rings. The van der Waals surface area contributed by atoms with Crippen LogP contribution in [0.15, 0.2) is 18.2 Å². The fourth-order valence-electron chi connectivity index (χ4n) is 1.81. The van der Waals surface area contributed by atoms with Crippen LogP contribution in [-0.2, 0) is 6.42 Å². The molecule has 1 aromatic heterocycles. The van der Waals surface area contributed by atoms with Crippen LogP contribution in [0.4, 0.5) is 5.69 Å². The van der Waals surface area contributed by atoms with Crippen molar-refractivity contribution in [2.75, 3.05) is 24.8 Å². The third-order valence-corrected chi connectivity index (χ3v) is 2.44. The van der Waals surface area contributed by atoms with Crippen molar-refractivity contribution in [3.8, 4) is 0 Å². The van der Waals surface area contributed by atoms with Gasteiger partial charge in [0, 0.05) is 26.2 Å². The molecule has 2 rings (SSSR count). The summed E-state index contributed by atoms with van der Waals surface area (Å²) in [6.07, 6.45) is 0.909. The number of nitrogens with two attached hydrogens (primary N) is 1. The lowest BCUT2D eigenvalue weighted by Crippen LogP contribution is -2.26. The predicted molar refractivity (Wildman–Crippen MR) is 63.6 cm³/mol. The van der Waals surface area contributed by atoms with Gasteiger partial charge in [0.2, 0.25) is 0 Å². The summed E-state index contributed by atoms with van der Waals surface area (Å²) < 4.78 is 2.11. The maximum absolute atomic E-state index is 5.74. The highest BCUT2D eigenvalue weighted by molar-refractivity contribution is 5.80. The fourth-order valence-corrected chi connectivity index (χ4v) is 1.81. The van der Waals surface area contributed by atoms with Gasteiger partial charge in [0.05, 0.1) is 11.0 Å². The molecule has 0 atom stereocenters. The monoisotopic (exact) mass is 204 g/mol. The zero-order valence-electron chi connectivity index (χ0n) is 9.36. The number of aromatic nitrogens is 2. The van der Waals surface area contributed by atoms with E-state index < -0.39 is 0 Å². The average molecular weight is 204 g/mol. The number of rotatable bonds is 2. The highest BCUT2D eigenvalue weighted by Gasteiger charge is 2.10. The van der Waals surface area contributed by atoms with Gasteiger partial charge in [-0.05, 0) is 18.2 Å². The Morgan fingerprint density at radius 3 is 2.73 bits per heavy atom. The number of hydrogen-bond donors (Lipinski definition) is 1. The van der Waals surface area contributed by atoms with Gasteiger partial charge in [-0.3, -0.25) is 0 Å². The third kappa shape index (κ3) is 1.52. The third-order valence-electron chi connectivity index (χ3n) is 2.44. The van der Waals surface area contributed by atoms with Crippen LogP contribution < -0.4 is 10.7 Å². The van der Waals surface area contributed by atoms with Crippen LogP contribution in [0.3, 0.4) is 0 Å². The molecule has 0 saturated heterocycles. The van der Waals surface area contributed by atoms with Crippen molar-refractivity contribution in [1.82, 2.24) is 9.66 Å². The predicted octanol–water partition coefficient (Wildman–Crippen LogP) is 1.38. The number of aryl methyl sites for hydroxylation is 1. The fraction of sp³-hybridized carbons (Fsp3) is 0.364. The lowest BCUT2D eigenvalue weighted by Gasteiger charge is -2.17. The van der Waals surface area contributed by atoms with E-state index in [-0.39, 0.29) is 0 Å². The van der Waals surface area contributed by atoms with Gasteiger partial charge in [0.1, 0.15) is 5.82 Å². The molecule has 80 valence electrons. The van der Waals surface area contributed by atoms with Crippen LogP contribution >= 0.6 is 0 Å². The van der Waals surface area contributed by atoms with Crippen LogP contribution in [0.2, 0.25) is 0 Å². The summed E-state index contributed by atoms with van der Waals surface area (Å²) in [6.45, 7) is 2.10. The molecule has 2 N–H and O–H groups in total. The van der Waals surface area contributed by atoms with Gasteiger partial charge in [-0.2, -0.15) is 0 Å². The molecule has 0 unspecified atom stereocenters. The minimum absolute atomic E-state index is 0.758. The van der Waals surface area contributed by atoms with Gasteiger partial charge in [-0.25, -0.2) is 9.66 Å². The van der Waals surface area contributed by atoms with Crippen LogP contribution in [0, 0.1) is 0 Å². The van der Waals surface area contributed by atoms with Gasteiger partial charge < -0.3 is 10.7 Å². The van der Waals surface area contributed by atoms with Gasteiger partial charge in [0.15, 0.2) is 0 Å². The van der Waals surface area contributed by atoms with E-state index in [2.05, 4.69) is 16.6 Å². The number of anilines is 1. The smallest absolute Gasteiger partial charge is 0.128 e. The molecule has 0 amide bonds. The zero-order chi connectivity index (χ0) is 11.0. The Bertz CT molecular complexity index is 485. The van der Waals surface area contributed by atoms with Crippen LogP contribution in [-0.4, -0.2) is 23.8 Å². The Morgan fingerprint density at radius 2 is 2.13 bits per heavy atom. The summed E-state index contributed by atoms with van der Waals surface area (Å²) in [5, 5.41) is 2.03. The Kier molecular flexibility index (Phi) is 2.26.